The maximum absolute atomic E-state index is 12.1. The van der Waals surface area contributed by atoms with Crippen molar-refractivity contribution in [2.24, 2.45) is 11.8 Å². The number of ether oxygens (including phenoxy) is 1. The molecule has 1 aromatic heterocycles. The molecule has 0 radical (unpaired) electrons. The van der Waals surface area contributed by atoms with E-state index in [-0.39, 0.29) is 24.4 Å². The molecular weight excluding hydrogens is 284 g/mol. The Labute approximate surface area is 129 Å². The predicted octanol–water partition coefficient (Wildman–Crippen LogP) is 0.324. The summed E-state index contributed by atoms with van der Waals surface area (Å²) in [5.41, 5.74) is 0. The fourth-order valence-electron chi connectivity index (χ4n) is 2.59. The maximum Gasteiger partial charge on any atom is 0.309 e. The van der Waals surface area contributed by atoms with E-state index in [0.717, 1.165) is 6.42 Å². The van der Waals surface area contributed by atoms with E-state index in [4.69, 9.17) is 4.74 Å². The Hall–Kier alpha value is -2.18. The zero-order valence-corrected chi connectivity index (χ0v) is 12.6. The third-order valence-corrected chi connectivity index (χ3v) is 4.22. The monoisotopic (exact) mass is 304 g/mol. The molecule has 118 valence electrons. The number of hydrogen-bond acceptors (Lipinski definition) is 6. The molecule has 1 aliphatic heterocycles. The first-order valence-corrected chi connectivity index (χ1v) is 7.61. The van der Waals surface area contributed by atoms with E-state index >= 15 is 0 Å². The number of carbonyl (C=O) groups excluding carboxylic acids is 2. The Morgan fingerprint density at radius 1 is 1.23 bits per heavy atom. The first kappa shape index (κ1) is 14.7. The van der Waals surface area contributed by atoms with E-state index in [1.165, 1.54) is 0 Å². The molecule has 0 N–H and O–H groups in total. The molecule has 0 spiro atoms. The van der Waals surface area contributed by atoms with Gasteiger partial charge in [0.05, 0.1) is 5.92 Å². The topological polar surface area (TPSA) is 75.6 Å². The maximum atomic E-state index is 12.1. The first-order chi connectivity index (χ1) is 10.6. The van der Waals surface area contributed by atoms with Crippen molar-refractivity contribution in [2.75, 3.05) is 37.7 Å². The number of carbonyl (C=O) groups is 2. The molecule has 3 rings (SSSR count). The van der Waals surface area contributed by atoms with Crippen molar-refractivity contribution in [2.45, 2.75) is 13.3 Å². The SMILES string of the molecule is CC1CC1C(=O)OCC(=O)N1CCN(c2ncccn2)CC1. The third-order valence-electron chi connectivity index (χ3n) is 4.22. The normalized spacial score (nSPS) is 24.0. The fraction of sp³-hybridized carbons (Fsp3) is 0.600. The summed E-state index contributed by atoms with van der Waals surface area (Å²) in [4.78, 5) is 35.9. The summed E-state index contributed by atoms with van der Waals surface area (Å²) in [7, 11) is 0. The van der Waals surface area contributed by atoms with Gasteiger partial charge in [0.25, 0.3) is 5.91 Å². The molecule has 1 amide bonds. The van der Waals surface area contributed by atoms with Gasteiger partial charge in [-0.2, -0.15) is 0 Å². The number of anilines is 1. The van der Waals surface area contributed by atoms with Crippen molar-refractivity contribution >= 4 is 17.8 Å². The van der Waals surface area contributed by atoms with Crippen LogP contribution in [0.1, 0.15) is 13.3 Å². The molecule has 2 unspecified atom stereocenters. The van der Waals surface area contributed by atoms with Crippen molar-refractivity contribution in [3.8, 4) is 0 Å². The van der Waals surface area contributed by atoms with Crippen LogP contribution in [-0.2, 0) is 14.3 Å². The van der Waals surface area contributed by atoms with Gasteiger partial charge in [0.15, 0.2) is 6.61 Å². The number of piperazine rings is 1. The molecule has 7 heteroatoms. The minimum atomic E-state index is -0.239. The van der Waals surface area contributed by atoms with Crippen LogP contribution in [-0.4, -0.2) is 59.5 Å². The molecule has 0 aromatic carbocycles. The van der Waals surface area contributed by atoms with Crippen LogP contribution in [0.25, 0.3) is 0 Å². The van der Waals surface area contributed by atoms with Gasteiger partial charge < -0.3 is 14.5 Å². The van der Waals surface area contributed by atoms with E-state index in [2.05, 4.69) is 9.97 Å². The van der Waals surface area contributed by atoms with Crippen molar-refractivity contribution in [1.82, 2.24) is 14.9 Å². The standard InChI is InChI=1S/C15H20N4O3/c1-11-9-12(11)14(21)22-10-13(20)18-5-7-19(8-6-18)15-16-3-2-4-17-15/h2-4,11-12H,5-10H2,1H3. The largest absolute Gasteiger partial charge is 0.455 e. The van der Waals surface area contributed by atoms with Crippen LogP contribution in [0.4, 0.5) is 5.95 Å². The lowest BCUT2D eigenvalue weighted by Crippen LogP contribution is -2.50. The van der Waals surface area contributed by atoms with Crippen molar-refractivity contribution in [1.29, 1.82) is 0 Å². The summed E-state index contributed by atoms with van der Waals surface area (Å²) < 4.78 is 5.09. The summed E-state index contributed by atoms with van der Waals surface area (Å²) in [6.07, 6.45) is 4.29. The van der Waals surface area contributed by atoms with Crippen LogP contribution in [0.15, 0.2) is 18.5 Å². The molecule has 1 saturated carbocycles. The van der Waals surface area contributed by atoms with E-state index in [1.54, 1.807) is 23.4 Å². The molecule has 1 aliphatic carbocycles. The number of esters is 1. The predicted molar refractivity (Wildman–Crippen MR) is 79.1 cm³/mol. The average molecular weight is 304 g/mol. The summed E-state index contributed by atoms with van der Waals surface area (Å²) in [5, 5.41) is 0. The molecule has 0 bridgehead atoms. The highest BCUT2D eigenvalue weighted by Crippen LogP contribution is 2.38. The highest BCUT2D eigenvalue weighted by Gasteiger charge is 2.40. The summed E-state index contributed by atoms with van der Waals surface area (Å²) in [6.45, 7) is 4.41. The quantitative estimate of drug-likeness (QED) is 0.746. The number of nitrogens with zero attached hydrogens (tertiary/aromatic N) is 4. The van der Waals surface area contributed by atoms with Gasteiger partial charge in [0.1, 0.15) is 0 Å². The summed E-state index contributed by atoms with van der Waals surface area (Å²) >= 11 is 0. The Kier molecular flexibility index (Phi) is 4.22. The van der Waals surface area contributed by atoms with Gasteiger partial charge >= 0.3 is 5.97 Å². The molecule has 2 heterocycles. The highest BCUT2D eigenvalue weighted by atomic mass is 16.5. The Balaban J connectivity index is 1.43. The van der Waals surface area contributed by atoms with Crippen LogP contribution in [0.5, 0.6) is 0 Å². The van der Waals surface area contributed by atoms with Gasteiger partial charge in [-0.25, -0.2) is 9.97 Å². The lowest BCUT2D eigenvalue weighted by atomic mass is 10.3. The van der Waals surface area contributed by atoms with Crippen molar-refractivity contribution in [3.63, 3.8) is 0 Å². The number of rotatable bonds is 4. The van der Waals surface area contributed by atoms with Crippen LogP contribution >= 0.6 is 0 Å². The van der Waals surface area contributed by atoms with E-state index in [9.17, 15) is 9.59 Å². The Morgan fingerprint density at radius 3 is 2.45 bits per heavy atom. The molecule has 1 saturated heterocycles. The second-order valence-corrected chi connectivity index (χ2v) is 5.84. The van der Waals surface area contributed by atoms with Crippen LogP contribution in [0, 0.1) is 11.8 Å². The lowest BCUT2D eigenvalue weighted by Gasteiger charge is -2.34. The van der Waals surface area contributed by atoms with Gasteiger partial charge in [-0.3, -0.25) is 9.59 Å². The van der Waals surface area contributed by atoms with Gasteiger partial charge in [0.2, 0.25) is 5.95 Å². The van der Waals surface area contributed by atoms with Crippen LogP contribution < -0.4 is 4.90 Å². The molecule has 7 nitrogen and oxygen atoms in total. The summed E-state index contributed by atoms with van der Waals surface area (Å²) in [6, 6.07) is 1.78. The summed E-state index contributed by atoms with van der Waals surface area (Å²) in [5.74, 6) is 0.716. The molecular formula is C15H20N4O3. The minimum absolute atomic E-state index is 0.000114. The fourth-order valence-corrected chi connectivity index (χ4v) is 2.59. The second-order valence-electron chi connectivity index (χ2n) is 5.84. The lowest BCUT2D eigenvalue weighted by molar-refractivity contribution is -0.153. The number of amides is 1. The van der Waals surface area contributed by atoms with Crippen LogP contribution in [0.2, 0.25) is 0 Å². The van der Waals surface area contributed by atoms with E-state index in [1.807, 2.05) is 11.8 Å². The van der Waals surface area contributed by atoms with E-state index in [0.29, 0.717) is 38.0 Å². The van der Waals surface area contributed by atoms with Gasteiger partial charge in [0, 0.05) is 38.6 Å². The van der Waals surface area contributed by atoms with Crippen molar-refractivity contribution < 1.29 is 14.3 Å². The molecule has 1 aromatic rings. The number of hydrogen-bond donors (Lipinski definition) is 0. The zero-order valence-electron chi connectivity index (χ0n) is 12.6. The average Bonchev–Trinajstić information content (AvgIpc) is 3.30. The molecule has 2 aliphatic rings. The van der Waals surface area contributed by atoms with Gasteiger partial charge in [-0.1, -0.05) is 6.92 Å². The Bertz CT molecular complexity index is 543. The minimum Gasteiger partial charge on any atom is -0.455 e. The van der Waals surface area contributed by atoms with Gasteiger partial charge in [-0.15, -0.1) is 0 Å². The first-order valence-electron chi connectivity index (χ1n) is 7.61. The van der Waals surface area contributed by atoms with Crippen LogP contribution in [0.3, 0.4) is 0 Å². The Morgan fingerprint density at radius 2 is 1.86 bits per heavy atom. The smallest absolute Gasteiger partial charge is 0.309 e. The third kappa shape index (κ3) is 3.35. The van der Waals surface area contributed by atoms with E-state index < -0.39 is 0 Å². The van der Waals surface area contributed by atoms with Gasteiger partial charge in [-0.05, 0) is 18.4 Å². The zero-order chi connectivity index (χ0) is 15.5. The number of aromatic nitrogens is 2. The highest BCUT2D eigenvalue weighted by molar-refractivity contribution is 5.82. The molecule has 2 atom stereocenters. The second kappa shape index (κ2) is 6.29. The molecule has 2 fully saturated rings. The molecule has 22 heavy (non-hydrogen) atoms. The van der Waals surface area contributed by atoms with Crippen molar-refractivity contribution in [3.05, 3.63) is 18.5 Å².